The van der Waals surface area contributed by atoms with E-state index in [1.807, 2.05) is 0 Å². The van der Waals surface area contributed by atoms with Gasteiger partial charge in [0.05, 0.1) is 19.8 Å². The van der Waals surface area contributed by atoms with Gasteiger partial charge in [-0.3, -0.25) is 28.8 Å². The summed E-state index contributed by atoms with van der Waals surface area (Å²) in [6, 6.07) is 1.27. The van der Waals surface area contributed by atoms with Crippen molar-refractivity contribution in [3.8, 4) is 0 Å². The minimum atomic E-state index is -3.82. The van der Waals surface area contributed by atoms with Crippen LogP contribution in [0.15, 0.2) is 17.1 Å². The summed E-state index contributed by atoms with van der Waals surface area (Å²) in [5.74, 6) is -0.0893. The third kappa shape index (κ3) is 4.67. The molecule has 0 radical (unpaired) electrons. The maximum absolute atomic E-state index is 12.3. The van der Waals surface area contributed by atoms with Gasteiger partial charge in [0.15, 0.2) is 12.0 Å². The van der Waals surface area contributed by atoms with Crippen LogP contribution < -0.4 is 11.2 Å². The number of hydrogen-bond acceptors (Lipinski definition) is 11. The monoisotopic (exact) mass is 395 g/mol. The lowest BCUT2D eigenvalue weighted by Gasteiger charge is -2.20. The fraction of sp³-hybridized carbons (Fsp3) is 0.692. The molecule has 0 aliphatic carbocycles. The summed E-state index contributed by atoms with van der Waals surface area (Å²) in [7, 11) is -3.82. The van der Waals surface area contributed by atoms with Crippen molar-refractivity contribution in [1.82, 2.24) is 9.55 Å². The van der Waals surface area contributed by atoms with Gasteiger partial charge in [0.1, 0.15) is 18.3 Å². The first kappa shape index (κ1) is 20.9. The Morgan fingerprint density at radius 3 is 2.46 bits per heavy atom. The second kappa shape index (κ2) is 9.02. The Hall–Kier alpha value is -1.37. The van der Waals surface area contributed by atoms with Gasteiger partial charge in [0.2, 0.25) is 0 Å². The van der Waals surface area contributed by atoms with E-state index >= 15 is 0 Å². The second-order valence-electron chi connectivity index (χ2n) is 5.24. The average Bonchev–Trinajstić information content (AvgIpc) is 2.88. The largest absolute Gasteiger partial charge is 0.474 e. The first-order chi connectivity index (χ1) is 12.3. The van der Waals surface area contributed by atoms with Crippen LogP contribution in [0, 0.1) is 0 Å². The molecule has 1 fully saturated rings. The van der Waals surface area contributed by atoms with E-state index in [9.17, 15) is 19.6 Å². The van der Waals surface area contributed by atoms with Gasteiger partial charge in [-0.2, -0.15) is 4.98 Å². The van der Waals surface area contributed by atoms with Gasteiger partial charge in [-0.25, -0.2) is 9.36 Å². The molecule has 26 heavy (non-hydrogen) atoms. The summed E-state index contributed by atoms with van der Waals surface area (Å²) in [5, 5.41) is 29.0. The molecule has 1 saturated heterocycles. The van der Waals surface area contributed by atoms with Crippen molar-refractivity contribution < 1.29 is 38.3 Å². The molecule has 0 saturated carbocycles. The van der Waals surface area contributed by atoms with Gasteiger partial charge in [-0.05, 0) is 19.9 Å². The lowest BCUT2D eigenvalue weighted by Crippen LogP contribution is -2.36. The third-order valence-corrected chi connectivity index (χ3v) is 5.14. The van der Waals surface area contributed by atoms with E-state index in [0.29, 0.717) is 0 Å². The number of phosphoric ester groups is 1. The van der Waals surface area contributed by atoms with Crippen LogP contribution in [0.25, 0.3) is 0 Å². The van der Waals surface area contributed by atoms with E-state index in [2.05, 4.69) is 4.98 Å². The Kier molecular flexibility index (Phi) is 7.26. The molecule has 0 amide bonds. The number of aliphatic hydroxyl groups is 2. The molecule has 13 heteroatoms. The van der Waals surface area contributed by atoms with Gasteiger partial charge in [0, 0.05) is 6.20 Å². The maximum atomic E-state index is 12.3. The van der Waals surface area contributed by atoms with E-state index in [-0.39, 0.29) is 19.0 Å². The predicted molar refractivity (Wildman–Crippen MR) is 86.6 cm³/mol. The number of hydrogen-bond donors (Lipinski definition) is 4. The zero-order valence-electron chi connectivity index (χ0n) is 14.2. The van der Waals surface area contributed by atoms with E-state index in [0.717, 1.165) is 4.57 Å². The molecule has 2 rings (SSSR count). The topological polar surface area (TPSA) is 162 Å². The molecule has 0 spiro atoms. The summed E-state index contributed by atoms with van der Waals surface area (Å²) >= 11 is 0. The molecule has 1 aromatic rings. The van der Waals surface area contributed by atoms with Gasteiger partial charge < -0.3 is 14.9 Å². The number of aromatic nitrogens is 2. The molecule has 4 atom stereocenters. The number of ether oxygens (including phenoxy) is 1. The number of aliphatic hydroxyl groups excluding tert-OH is 2. The first-order valence-corrected chi connectivity index (χ1v) is 9.35. The van der Waals surface area contributed by atoms with E-state index in [4.69, 9.17) is 23.5 Å². The Labute approximate surface area is 148 Å². The molecule has 12 nitrogen and oxygen atoms in total. The number of anilines is 1. The van der Waals surface area contributed by atoms with Gasteiger partial charge in [-0.1, -0.05) is 0 Å². The number of nitrogens with zero attached hydrogens (tertiary/aromatic N) is 2. The highest BCUT2D eigenvalue weighted by molar-refractivity contribution is 7.48. The molecule has 148 valence electrons. The highest BCUT2D eigenvalue weighted by Gasteiger charge is 2.45. The highest BCUT2D eigenvalue weighted by atomic mass is 31.2. The van der Waals surface area contributed by atoms with Crippen molar-refractivity contribution in [3.63, 3.8) is 0 Å². The summed E-state index contributed by atoms with van der Waals surface area (Å²) in [5.41, 5.74) is 0.896. The summed E-state index contributed by atoms with van der Waals surface area (Å²) in [6.45, 7) is 3.00. The number of rotatable bonds is 9. The van der Waals surface area contributed by atoms with Crippen LogP contribution in [-0.2, 0) is 22.9 Å². The molecular weight excluding hydrogens is 373 g/mol. The van der Waals surface area contributed by atoms with E-state index in [1.54, 1.807) is 19.3 Å². The van der Waals surface area contributed by atoms with Crippen LogP contribution in [0.5, 0.6) is 0 Å². The molecule has 1 aliphatic rings. The zero-order chi connectivity index (χ0) is 19.3. The Bertz CT molecular complexity index is 690. The molecule has 1 aliphatic heterocycles. The Morgan fingerprint density at radius 2 is 1.92 bits per heavy atom. The average molecular weight is 395 g/mol. The van der Waals surface area contributed by atoms with E-state index < -0.39 is 44.7 Å². The van der Waals surface area contributed by atoms with Gasteiger partial charge in [0.25, 0.3) is 0 Å². The van der Waals surface area contributed by atoms with Crippen LogP contribution in [-0.4, -0.2) is 63.1 Å². The van der Waals surface area contributed by atoms with Gasteiger partial charge in [-0.15, -0.1) is 0 Å². The smallest absolute Gasteiger partial charge is 0.387 e. The summed E-state index contributed by atoms with van der Waals surface area (Å²) < 4.78 is 33.7. The standard InChI is InChI=1S/C13H22N3O9P/c1-3-22-26(21,23-4-2)24-7-8-10(17)11(18)12(25-8)16-6-5-9(15-20)14-13(16)19/h5-6,8,10-12,17-18,20H,3-4,7H2,1-2H3,(H,14,15,19)/t8-,10+,11+,12-/m1/s1. The fourth-order valence-corrected chi connectivity index (χ4v) is 3.54. The summed E-state index contributed by atoms with van der Waals surface area (Å²) in [6.07, 6.45) is -3.99. The molecule has 0 bridgehead atoms. The fourth-order valence-electron chi connectivity index (χ4n) is 2.36. The van der Waals surface area contributed by atoms with Crippen molar-refractivity contribution in [2.45, 2.75) is 38.4 Å². The van der Waals surface area contributed by atoms with Gasteiger partial charge >= 0.3 is 13.5 Å². The maximum Gasteiger partial charge on any atom is 0.474 e. The van der Waals surface area contributed by atoms with Crippen LogP contribution in [0.1, 0.15) is 20.1 Å². The Balaban J connectivity index is 2.09. The summed E-state index contributed by atoms with van der Waals surface area (Å²) in [4.78, 5) is 15.5. The van der Waals surface area contributed by atoms with E-state index in [1.165, 1.54) is 12.3 Å². The van der Waals surface area contributed by atoms with Crippen molar-refractivity contribution >= 4 is 13.6 Å². The normalized spacial score (nSPS) is 26.2. The molecule has 0 aromatic carbocycles. The molecular formula is C13H22N3O9P. The van der Waals surface area contributed by atoms with Crippen molar-refractivity contribution in [2.24, 2.45) is 0 Å². The lowest BCUT2D eigenvalue weighted by atomic mass is 10.1. The quantitative estimate of drug-likeness (QED) is 0.325. The Morgan fingerprint density at radius 1 is 1.27 bits per heavy atom. The van der Waals surface area contributed by atoms with Crippen molar-refractivity contribution in [3.05, 3.63) is 22.7 Å². The van der Waals surface area contributed by atoms with Crippen LogP contribution in [0.3, 0.4) is 0 Å². The van der Waals surface area contributed by atoms with Crippen LogP contribution in [0.2, 0.25) is 0 Å². The number of nitrogens with one attached hydrogen (secondary N) is 1. The zero-order valence-corrected chi connectivity index (χ0v) is 15.1. The number of phosphoric acid groups is 1. The first-order valence-electron chi connectivity index (χ1n) is 7.89. The minimum absolute atomic E-state index is 0.0862. The molecule has 4 N–H and O–H groups in total. The molecule has 0 unspecified atom stereocenters. The minimum Gasteiger partial charge on any atom is -0.387 e. The van der Waals surface area contributed by atoms with Crippen molar-refractivity contribution in [2.75, 3.05) is 25.3 Å². The second-order valence-corrected chi connectivity index (χ2v) is 6.91. The van der Waals surface area contributed by atoms with Crippen LogP contribution in [0.4, 0.5) is 5.82 Å². The lowest BCUT2D eigenvalue weighted by molar-refractivity contribution is -0.0560. The van der Waals surface area contributed by atoms with Crippen molar-refractivity contribution in [1.29, 1.82) is 0 Å². The third-order valence-electron chi connectivity index (χ3n) is 3.53. The van der Waals surface area contributed by atoms with Crippen LogP contribution >= 0.6 is 7.82 Å². The molecule has 2 heterocycles. The SMILES string of the molecule is CCOP(=O)(OCC)OC[C@H]1O[C@@H](n2ccc(NO)nc2=O)[C@@H](O)[C@H]1O. The molecule has 1 aromatic heterocycles. The predicted octanol–water partition coefficient (Wildman–Crippen LogP) is -0.139. The highest BCUT2D eigenvalue weighted by Crippen LogP contribution is 2.49.